The Hall–Kier alpha value is -2.61. The third-order valence-corrected chi connectivity index (χ3v) is 2.15. The highest BCUT2D eigenvalue weighted by molar-refractivity contribution is 5.92. The number of carbonyl (C=O) groups excluding carboxylic acids is 2. The summed E-state index contributed by atoms with van der Waals surface area (Å²) in [5.41, 5.74) is 1.02. The number of nitrogens with one attached hydrogen (secondary N) is 2. The van der Waals surface area contributed by atoms with Crippen LogP contribution in [0.25, 0.3) is 0 Å². The van der Waals surface area contributed by atoms with E-state index in [0.29, 0.717) is 11.4 Å². The molecule has 1 aromatic carbocycles. The Kier molecular flexibility index (Phi) is 6.69. The average Bonchev–Trinajstić information content (AvgIpc) is 2.41. The molecule has 0 aliphatic carbocycles. The first-order chi connectivity index (χ1) is 10.0. The highest BCUT2D eigenvalue weighted by atomic mass is 16.5. The van der Waals surface area contributed by atoms with Gasteiger partial charge in [-0.1, -0.05) is 0 Å². The van der Waals surface area contributed by atoms with Gasteiger partial charge in [-0.05, 0) is 31.2 Å². The van der Waals surface area contributed by atoms with E-state index in [4.69, 9.17) is 9.84 Å². The van der Waals surface area contributed by atoms with Crippen molar-refractivity contribution in [2.24, 2.45) is 0 Å². The number of carboxylic acid groups (broad SMARTS) is 1. The van der Waals surface area contributed by atoms with E-state index in [-0.39, 0.29) is 13.2 Å². The van der Waals surface area contributed by atoms with Gasteiger partial charge in [0.25, 0.3) is 0 Å². The van der Waals surface area contributed by atoms with Gasteiger partial charge in [0.1, 0.15) is 13.2 Å². The lowest BCUT2D eigenvalue weighted by molar-refractivity contribution is -0.143. The lowest BCUT2D eigenvalue weighted by atomic mass is 10.3. The van der Waals surface area contributed by atoms with Crippen molar-refractivity contribution < 1.29 is 29.0 Å². The Balaban J connectivity index is 2.41. The molecule has 2 amide bonds. The molecule has 1 aromatic rings. The number of ether oxygens (including phenoxy) is 2. The second kappa shape index (κ2) is 8.54. The first kappa shape index (κ1) is 16.4. The van der Waals surface area contributed by atoms with Crippen LogP contribution in [0.5, 0.6) is 0 Å². The van der Waals surface area contributed by atoms with Crippen molar-refractivity contribution in [3.63, 3.8) is 0 Å². The fraction of sp³-hybridized carbons (Fsp3) is 0.308. The number of amides is 2. The maximum absolute atomic E-state index is 11.4. The van der Waals surface area contributed by atoms with E-state index in [9.17, 15) is 14.4 Å². The summed E-state index contributed by atoms with van der Waals surface area (Å²) < 4.78 is 9.37. The van der Waals surface area contributed by atoms with Gasteiger partial charge in [-0.2, -0.15) is 0 Å². The van der Waals surface area contributed by atoms with Crippen LogP contribution in [0.2, 0.25) is 0 Å². The zero-order valence-corrected chi connectivity index (χ0v) is 11.4. The lowest BCUT2D eigenvalue weighted by Gasteiger charge is -2.08. The van der Waals surface area contributed by atoms with Gasteiger partial charge in [-0.25, -0.2) is 9.59 Å². The van der Waals surface area contributed by atoms with Gasteiger partial charge >= 0.3 is 12.1 Å². The Bertz CT molecular complexity index is 500. The number of hydrogen-bond acceptors (Lipinski definition) is 5. The minimum Gasteiger partial charge on any atom is -0.480 e. The Labute approximate surface area is 121 Å². The summed E-state index contributed by atoms with van der Waals surface area (Å²) in [6.45, 7) is 1.09. The molecule has 0 atom stereocenters. The van der Waals surface area contributed by atoms with E-state index in [2.05, 4.69) is 15.4 Å². The molecule has 0 saturated heterocycles. The minimum absolute atomic E-state index is 0.274. The number of anilines is 2. The average molecular weight is 296 g/mol. The summed E-state index contributed by atoms with van der Waals surface area (Å²) >= 11 is 0. The van der Waals surface area contributed by atoms with Crippen molar-refractivity contribution in [2.45, 2.75) is 6.92 Å². The molecule has 0 bridgehead atoms. The van der Waals surface area contributed by atoms with Crippen LogP contribution < -0.4 is 10.6 Å². The molecule has 0 aromatic heterocycles. The summed E-state index contributed by atoms with van der Waals surface area (Å²) in [5.74, 6) is -1.61. The topological polar surface area (TPSA) is 114 Å². The van der Waals surface area contributed by atoms with Crippen molar-refractivity contribution in [2.75, 3.05) is 30.5 Å². The fourth-order valence-corrected chi connectivity index (χ4v) is 1.35. The molecular formula is C13H16N2O6. The first-order valence-electron chi connectivity index (χ1n) is 6.14. The molecular weight excluding hydrogens is 280 g/mol. The highest BCUT2D eigenvalue weighted by Gasteiger charge is 2.05. The molecule has 0 saturated carbocycles. The summed E-state index contributed by atoms with van der Waals surface area (Å²) in [4.78, 5) is 32.8. The number of carboxylic acids is 1. The van der Waals surface area contributed by atoms with Crippen LogP contribution in [-0.4, -0.2) is 42.9 Å². The molecule has 3 N–H and O–H groups in total. The van der Waals surface area contributed by atoms with Crippen LogP contribution in [-0.2, 0) is 19.1 Å². The third kappa shape index (κ3) is 6.92. The Morgan fingerprint density at radius 3 is 2.14 bits per heavy atom. The summed E-state index contributed by atoms with van der Waals surface area (Å²) in [5, 5.41) is 13.4. The van der Waals surface area contributed by atoms with E-state index in [1.807, 2.05) is 0 Å². The molecule has 0 fully saturated rings. The van der Waals surface area contributed by atoms with Gasteiger partial charge < -0.3 is 19.9 Å². The van der Waals surface area contributed by atoms with Crippen molar-refractivity contribution >= 4 is 29.3 Å². The molecule has 0 spiro atoms. The molecule has 8 nitrogen and oxygen atoms in total. The van der Waals surface area contributed by atoms with Crippen LogP contribution in [0.4, 0.5) is 16.2 Å². The largest absolute Gasteiger partial charge is 0.480 e. The number of hydrogen-bond donors (Lipinski definition) is 3. The van der Waals surface area contributed by atoms with E-state index in [1.165, 1.54) is 0 Å². The van der Waals surface area contributed by atoms with Gasteiger partial charge in [0, 0.05) is 11.4 Å². The molecule has 8 heteroatoms. The maximum atomic E-state index is 11.4. The van der Waals surface area contributed by atoms with Crippen LogP contribution in [0, 0.1) is 0 Å². The lowest BCUT2D eigenvalue weighted by Crippen LogP contribution is -2.20. The van der Waals surface area contributed by atoms with Crippen molar-refractivity contribution in [3.05, 3.63) is 24.3 Å². The van der Waals surface area contributed by atoms with Crippen molar-refractivity contribution in [1.29, 1.82) is 0 Å². The number of rotatable bonds is 7. The van der Waals surface area contributed by atoms with Crippen molar-refractivity contribution in [3.8, 4) is 0 Å². The van der Waals surface area contributed by atoms with E-state index in [1.54, 1.807) is 31.2 Å². The number of benzene rings is 1. The second-order valence-electron chi connectivity index (χ2n) is 3.86. The molecule has 114 valence electrons. The smallest absolute Gasteiger partial charge is 0.411 e. The predicted molar refractivity (Wildman–Crippen MR) is 74.2 cm³/mol. The van der Waals surface area contributed by atoms with Gasteiger partial charge in [-0.3, -0.25) is 10.1 Å². The second-order valence-corrected chi connectivity index (χ2v) is 3.86. The number of aliphatic carboxylic acids is 1. The standard InChI is InChI=1S/C13H16N2O6/c1-2-21-13(19)15-10-5-3-9(4-6-10)14-11(16)7-20-8-12(17)18/h3-6H,2,7-8H2,1H3,(H,14,16)(H,15,19)(H,17,18). The van der Waals surface area contributed by atoms with Gasteiger partial charge in [0.2, 0.25) is 5.91 Å². The van der Waals surface area contributed by atoms with E-state index < -0.39 is 24.6 Å². The highest BCUT2D eigenvalue weighted by Crippen LogP contribution is 2.13. The van der Waals surface area contributed by atoms with Crippen molar-refractivity contribution in [1.82, 2.24) is 0 Å². The SMILES string of the molecule is CCOC(=O)Nc1ccc(NC(=O)COCC(=O)O)cc1. The van der Waals surface area contributed by atoms with E-state index in [0.717, 1.165) is 0 Å². The summed E-state index contributed by atoms with van der Waals surface area (Å²) in [6.07, 6.45) is -0.559. The van der Waals surface area contributed by atoms with Gasteiger partial charge in [-0.15, -0.1) is 0 Å². The quantitative estimate of drug-likeness (QED) is 0.698. The maximum Gasteiger partial charge on any atom is 0.411 e. The van der Waals surface area contributed by atoms with E-state index >= 15 is 0 Å². The molecule has 0 unspecified atom stereocenters. The predicted octanol–water partition coefficient (Wildman–Crippen LogP) is 1.29. The van der Waals surface area contributed by atoms with Crippen LogP contribution in [0.3, 0.4) is 0 Å². The van der Waals surface area contributed by atoms with Gasteiger partial charge in [0.05, 0.1) is 6.61 Å². The fourth-order valence-electron chi connectivity index (χ4n) is 1.35. The van der Waals surface area contributed by atoms with Crippen LogP contribution >= 0.6 is 0 Å². The summed E-state index contributed by atoms with van der Waals surface area (Å²) in [7, 11) is 0. The molecule has 0 radical (unpaired) electrons. The van der Waals surface area contributed by atoms with Crippen LogP contribution in [0.1, 0.15) is 6.92 Å². The number of carbonyl (C=O) groups is 3. The van der Waals surface area contributed by atoms with Crippen LogP contribution in [0.15, 0.2) is 24.3 Å². The molecule has 0 aliphatic heterocycles. The Morgan fingerprint density at radius 2 is 1.62 bits per heavy atom. The molecule has 0 aliphatic rings. The normalized spacial score (nSPS) is 9.76. The summed E-state index contributed by atoms with van der Waals surface area (Å²) in [6, 6.07) is 6.34. The minimum atomic E-state index is -1.14. The molecule has 21 heavy (non-hydrogen) atoms. The zero-order chi connectivity index (χ0) is 15.7. The molecule has 0 heterocycles. The van der Waals surface area contributed by atoms with Gasteiger partial charge in [0.15, 0.2) is 0 Å². The zero-order valence-electron chi connectivity index (χ0n) is 11.4. The Morgan fingerprint density at radius 1 is 1.05 bits per heavy atom. The first-order valence-corrected chi connectivity index (χ1v) is 6.14. The monoisotopic (exact) mass is 296 g/mol. The molecule has 1 rings (SSSR count). The third-order valence-electron chi connectivity index (χ3n) is 2.15.